The van der Waals surface area contributed by atoms with Crippen molar-refractivity contribution in [2.24, 2.45) is 5.92 Å². The Morgan fingerprint density at radius 3 is 2.09 bits per heavy atom. The molecule has 0 aliphatic heterocycles. The molecule has 0 unspecified atom stereocenters. The van der Waals surface area contributed by atoms with Crippen LogP contribution in [0.4, 0.5) is 0 Å². The highest BCUT2D eigenvalue weighted by molar-refractivity contribution is 5.72. The first-order chi connectivity index (χ1) is 10.9. The molecule has 0 radical (unpaired) electrons. The highest BCUT2D eigenvalue weighted by Crippen LogP contribution is 2.30. The molecule has 0 heterocycles. The molecular weight excluding hydrogens is 284 g/mol. The second-order valence-electron chi connectivity index (χ2n) is 7.26. The Labute approximate surface area is 140 Å². The Bertz CT molecular complexity index is 594. The molecule has 1 aliphatic rings. The molecule has 0 amide bonds. The van der Waals surface area contributed by atoms with Gasteiger partial charge in [0.2, 0.25) is 0 Å². The smallest absolute Gasteiger partial charge is 0.307 e. The predicted molar refractivity (Wildman–Crippen MR) is 94.8 cm³/mol. The van der Waals surface area contributed by atoms with Gasteiger partial charge in [-0.05, 0) is 53.5 Å². The summed E-state index contributed by atoms with van der Waals surface area (Å²) in [6, 6.07) is 4.22. The monoisotopic (exact) mass is 312 g/mol. The Morgan fingerprint density at radius 2 is 1.65 bits per heavy atom. The van der Waals surface area contributed by atoms with Crippen molar-refractivity contribution in [1.82, 2.24) is 0 Å². The lowest BCUT2D eigenvalue weighted by Crippen LogP contribution is -2.10. The zero-order valence-corrected chi connectivity index (χ0v) is 14.8. The van der Waals surface area contributed by atoms with Gasteiger partial charge in [0.15, 0.2) is 0 Å². The average molecular weight is 312 g/mol. The largest absolute Gasteiger partial charge is 0.481 e. The van der Waals surface area contributed by atoms with Gasteiger partial charge in [-0.2, -0.15) is 0 Å². The van der Waals surface area contributed by atoms with E-state index in [4.69, 9.17) is 0 Å². The molecule has 0 aromatic heterocycles. The molecule has 0 spiro atoms. The van der Waals surface area contributed by atoms with Crippen LogP contribution in [-0.4, -0.2) is 11.1 Å². The van der Waals surface area contributed by atoms with E-state index in [-0.39, 0.29) is 6.42 Å². The minimum Gasteiger partial charge on any atom is -0.481 e. The molecule has 2 rings (SSSR count). The third kappa shape index (κ3) is 4.61. The summed E-state index contributed by atoms with van der Waals surface area (Å²) in [5.41, 5.74) is 4.29. The topological polar surface area (TPSA) is 37.3 Å². The third-order valence-corrected chi connectivity index (χ3v) is 4.67. The molecule has 23 heavy (non-hydrogen) atoms. The van der Waals surface area contributed by atoms with Crippen LogP contribution in [0.25, 0.3) is 0 Å². The lowest BCUT2D eigenvalue weighted by molar-refractivity contribution is -0.136. The maximum Gasteiger partial charge on any atom is 0.307 e. The Morgan fingerprint density at radius 1 is 1.13 bits per heavy atom. The van der Waals surface area contributed by atoms with Gasteiger partial charge in [0.05, 0.1) is 6.42 Å². The minimum absolute atomic E-state index is 0.0946. The average Bonchev–Trinajstić information content (AvgIpc) is 2.98. The Balaban J connectivity index is 2.46. The fraction of sp³-hybridized carbons (Fsp3) is 0.571. The van der Waals surface area contributed by atoms with Crippen LogP contribution in [0.5, 0.6) is 0 Å². The van der Waals surface area contributed by atoms with Gasteiger partial charge in [-0.3, -0.25) is 4.79 Å². The van der Waals surface area contributed by atoms with Gasteiger partial charge < -0.3 is 5.11 Å². The van der Waals surface area contributed by atoms with Crippen LogP contribution in [0.15, 0.2) is 12.1 Å². The minimum atomic E-state index is -0.765. The number of rotatable bonds is 4. The number of benzene rings is 1. The van der Waals surface area contributed by atoms with Crippen LogP contribution >= 0.6 is 0 Å². The molecule has 0 bridgehead atoms. The molecule has 1 aromatic rings. The lowest BCUT2D eigenvalue weighted by Gasteiger charge is -2.19. The first kappa shape index (κ1) is 17.6. The van der Waals surface area contributed by atoms with Gasteiger partial charge in [-0.15, -0.1) is 0 Å². The second kappa shape index (κ2) is 7.68. The number of aliphatic carboxylic acids is 1. The Hall–Kier alpha value is -1.75. The molecule has 0 saturated heterocycles. The van der Waals surface area contributed by atoms with Crippen LogP contribution in [0, 0.1) is 17.8 Å². The fourth-order valence-corrected chi connectivity index (χ4v) is 3.43. The van der Waals surface area contributed by atoms with Crippen molar-refractivity contribution in [2.45, 2.75) is 71.6 Å². The van der Waals surface area contributed by atoms with Crippen LogP contribution in [0.1, 0.15) is 87.5 Å². The maximum atomic E-state index is 11.3. The normalized spacial score (nSPS) is 15.0. The van der Waals surface area contributed by atoms with Crippen LogP contribution < -0.4 is 0 Å². The van der Waals surface area contributed by atoms with Gasteiger partial charge in [-0.25, -0.2) is 0 Å². The van der Waals surface area contributed by atoms with Gasteiger partial charge >= 0.3 is 5.97 Å². The predicted octanol–water partition coefficient (Wildman–Crippen LogP) is 5.10. The van der Waals surface area contributed by atoms with E-state index >= 15 is 0 Å². The number of hydrogen-bond donors (Lipinski definition) is 1. The quantitative estimate of drug-likeness (QED) is 0.785. The lowest BCUT2D eigenvalue weighted by atomic mass is 9.85. The number of carboxylic acid groups (broad SMARTS) is 1. The van der Waals surface area contributed by atoms with E-state index in [2.05, 4.69) is 51.7 Å². The summed E-state index contributed by atoms with van der Waals surface area (Å²) in [6.07, 6.45) is 5.13. The van der Waals surface area contributed by atoms with Gasteiger partial charge in [0.1, 0.15) is 0 Å². The maximum absolute atomic E-state index is 11.3. The standard InChI is InChI=1S/C21H28O2/c1-14(2)18-11-17(10-9-16-7-5-6-8-16)12-19(15(3)4)20(18)13-21(22)23/h11-12,14-16H,5-8,13H2,1-4H3,(H,22,23). The molecule has 2 heteroatoms. The molecule has 124 valence electrons. The molecule has 1 N–H and O–H groups in total. The van der Waals surface area contributed by atoms with Gasteiger partial charge in [0, 0.05) is 11.5 Å². The van der Waals surface area contributed by atoms with Crippen molar-refractivity contribution in [3.8, 4) is 11.8 Å². The molecule has 1 fully saturated rings. The summed E-state index contributed by atoms with van der Waals surface area (Å²) in [6.45, 7) is 8.50. The van der Waals surface area contributed by atoms with Crippen LogP contribution in [0.3, 0.4) is 0 Å². The number of carbonyl (C=O) groups is 1. The number of hydrogen-bond acceptors (Lipinski definition) is 1. The molecule has 1 saturated carbocycles. The highest BCUT2D eigenvalue weighted by Gasteiger charge is 2.18. The molecule has 1 aromatic carbocycles. The van der Waals surface area contributed by atoms with Crippen LogP contribution in [0.2, 0.25) is 0 Å². The van der Waals surface area contributed by atoms with E-state index in [1.54, 1.807) is 0 Å². The molecule has 0 atom stereocenters. The second-order valence-corrected chi connectivity index (χ2v) is 7.26. The van der Waals surface area contributed by atoms with Gasteiger partial charge in [0.25, 0.3) is 0 Å². The third-order valence-electron chi connectivity index (χ3n) is 4.67. The summed E-state index contributed by atoms with van der Waals surface area (Å²) < 4.78 is 0. The SMILES string of the molecule is CC(C)c1cc(C#CC2CCCC2)cc(C(C)C)c1CC(=O)O. The summed E-state index contributed by atoms with van der Waals surface area (Å²) in [7, 11) is 0. The molecule has 1 aliphatic carbocycles. The van der Waals surface area contributed by atoms with Crippen LogP contribution in [-0.2, 0) is 11.2 Å². The highest BCUT2D eigenvalue weighted by atomic mass is 16.4. The fourth-order valence-electron chi connectivity index (χ4n) is 3.43. The first-order valence-electron chi connectivity index (χ1n) is 8.78. The summed E-state index contributed by atoms with van der Waals surface area (Å²) in [5.74, 6) is 7.16. The van der Waals surface area contributed by atoms with Crippen molar-refractivity contribution in [3.63, 3.8) is 0 Å². The van der Waals surface area contributed by atoms with E-state index in [1.807, 2.05) is 0 Å². The van der Waals surface area contributed by atoms with Gasteiger partial charge in [-0.1, -0.05) is 52.4 Å². The van der Waals surface area contributed by atoms with E-state index in [1.165, 1.54) is 25.7 Å². The van der Waals surface area contributed by atoms with Crippen molar-refractivity contribution < 1.29 is 9.90 Å². The Kier molecular flexibility index (Phi) is 5.88. The summed E-state index contributed by atoms with van der Waals surface area (Å²) >= 11 is 0. The van der Waals surface area contributed by atoms with Crippen molar-refractivity contribution in [3.05, 3.63) is 34.4 Å². The number of carboxylic acids is 1. The van der Waals surface area contributed by atoms with E-state index in [0.29, 0.717) is 17.8 Å². The zero-order chi connectivity index (χ0) is 17.0. The van der Waals surface area contributed by atoms with Crippen molar-refractivity contribution in [2.75, 3.05) is 0 Å². The van der Waals surface area contributed by atoms with E-state index in [0.717, 1.165) is 22.3 Å². The van der Waals surface area contributed by atoms with E-state index < -0.39 is 5.97 Å². The van der Waals surface area contributed by atoms with E-state index in [9.17, 15) is 9.90 Å². The molecule has 2 nitrogen and oxygen atoms in total. The first-order valence-corrected chi connectivity index (χ1v) is 8.78. The molecular formula is C21H28O2. The summed E-state index contributed by atoms with van der Waals surface area (Å²) in [4.78, 5) is 11.3. The van der Waals surface area contributed by atoms with Crippen molar-refractivity contribution in [1.29, 1.82) is 0 Å². The van der Waals surface area contributed by atoms with Crippen molar-refractivity contribution >= 4 is 5.97 Å². The summed E-state index contributed by atoms with van der Waals surface area (Å²) in [5, 5.41) is 9.27. The zero-order valence-electron chi connectivity index (χ0n) is 14.8.